The summed E-state index contributed by atoms with van der Waals surface area (Å²) in [6, 6.07) is 9.08. The van der Waals surface area contributed by atoms with E-state index in [0.29, 0.717) is 24.4 Å². The number of nitrogens with zero attached hydrogens (tertiary/aromatic N) is 4. The van der Waals surface area contributed by atoms with Crippen LogP contribution in [-0.4, -0.2) is 56.4 Å². The Balaban J connectivity index is 1.39. The molecule has 3 amide bonds. The monoisotopic (exact) mass is 485 g/mol. The maximum atomic E-state index is 13.1. The highest BCUT2D eigenvalue weighted by atomic mass is 16.5. The van der Waals surface area contributed by atoms with E-state index >= 15 is 0 Å². The van der Waals surface area contributed by atoms with Gasteiger partial charge in [0.05, 0.1) is 11.4 Å². The molecule has 36 heavy (non-hydrogen) atoms. The summed E-state index contributed by atoms with van der Waals surface area (Å²) in [4.78, 5) is 48.2. The zero-order valence-electron chi connectivity index (χ0n) is 20.1. The van der Waals surface area contributed by atoms with Gasteiger partial charge in [-0.1, -0.05) is 6.07 Å². The third-order valence-corrected chi connectivity index (χ3v) is 7.45. The first kappa shape index (κ1) is 22.6. The van der Waals surface area contributed by atoms with E-state index in [1.54, 1.807) is 11.1 Å². The molecule has 9 heteroatoms. The predicted molar refractivity (Wildman–Crippen MR) is 131 cm³/mol. The molecule has 3 aliphatic heterocycles. The van der Waals surface area contributed by atoms with E-state index in [-0.39, 0.29) is 18.2 Å². The number of fused-ring (bicyclic) bond motifs is 1. The maximum absolute atomic E-state index is 13.1. The van der Waals surface area contributed by atoms with Crippen LogP contribution in [0.4, 0.5) is 0 Å². The Morgan fingerprint density at radius 1 is 1.06 bits per heavy atom. The molecule has 0 saturated carbocycles. The van der Waals surface area contributed by atoms with E-state index in [9.17, 15) is 14.4 Å². The van der Waals surface area contributed by atoms with E-state index in [4.69, 9.17) is 9.72 Å². The molecule has 184 valence electrons. The van der Waals surface area contributed by atoms with Crippen LogP contribution in [-0.2, 0) is 27.9 Å². The number of imidazole rings is 1. The number of carbonyl (C=O) groups is 3. The standard InChI is InChI=1S/C27H27N5O4/c1-31-24(18-3-2-10-28-14-18)23(30-25(31)16-8-11-36-12-9-16)17-4-5-20-19(13-17)15-32(27(20)35)21-6-7-22(33)29-26(21)34/h2-5,10,13-14,16,21H,6-9,11-12,15H2,1H3,(H,29,33,34). The van der Waals surface area contributed by atoms with Crippen LogP contribution in [0, 0.1) is 0 Å². The molecule has 3 aromatic rings. The zero-order valence-corrected chi connectivity index (χ0v) is 20.1. The van der Waals surface area contributed by atoms with Crippen LogP contribution in [0.5, 0.6) is 0 Å². The second-order valence-corrected chi connectivity index (χ2v) is 9.63. The van der Waals surface area contributed by atoms with Gasteiger partial charge < -0.3 is 14.2 Å². The number of hydrogen-bond donors (Lipinski definition) is 1. The molecule has 3 aliphatic rings. The maximum Gasteiger partial charge on any atom is 0.255 e. The van der Waals surface area contributed by atoms with Gasteiger partial charge in [-0.3, -0.25) is 24.7 Å². The molecule has 0 aliphatic carbocycles. The van der Waals surface area contributed by atoms with Gasteiger partial charge in [-0.25, -0.2) is 4.98 Å². The van der Waals surface area contributed by atoms with Crippen LogP contribution >= 0.6 is 0 Å². The summed E-state index contributed by atoms with van der Waals surface area (Å²) in [5, 5.41) is 2.36. The number of aromatic nitrogens is 3. The van der Waals surface area contributed by atoms with Crippen LogP contribution in [0.3, 0.4) is 0 Å². The first-order chi connectivity index (χ1) is 17.5. The van der Waals surface area contributed by atoms with Gasteiger partial charge in [-0.2, -0.15) is 0 Å². The number of pyridine rings is 1. The summed E-state index contributed by atoms with van der Waals surface area (Å²) >= 11 is 0. The number of amides is 3. The summed E-state index contributed by atoms with van der Waals surface area (Å²) < 4.78 is 7.73. The molecule has 5 heterocycles. The third kappa shape index (κ3) is 3.80. The molecule has 1 aromatic carbocycles. The number of piperidine rings is 1. The molecule has 0 spiro atoms. The van der Waals surface area contributed by atoms with Crippen molar-refractivity contribution in [3.8, 4) is 22.5 Å². The minimum absolute atomic E-state index is 0.178. The van der Waals surface area contributed by atoms with E-state index in [1.807, 2.05) is 43.6 Å². The molecule has 1 N–H and O–H groups in total. The average molecular weight is 486 g/mol. The van der Waals surface area contributed by atoms with Gasteiger partial charge in [-0.05, 0) is 49.1 Å². The van der Waals surface area contributed by atoms with Gasteiger partial charge in [0.25, 0.3) is 5.91 Å². The topological polar surface area (TPSA) is 106 Å². The summed E-state index contributed by atoms with van der Waals surface area (Å²) in [6.45, 7) is 1.79. The Kier molecular flexibility index (Phi) is 5.64. The first-order valence-electron chi connectivity index (χ1n) is 12.3. The van der Waals surface area contributed by atoms with E-state index in [2.05, 4.69) is 14.9 Å². The van der Waals surface area contributed by atoms with Gasteiger partial charge in [0, 0.05) is 68.2 Å². The van der Waals surface area contributed by atoms with Crippen molar-refractivity contribution < 1.29 is 19.1 Å². The minimum atomic E-state index is -0.632. The largest absolute Gasteiger partial charge is 0.381 e. The Labute approximate surface area is 208 Å². The van der Waals surface area contributed by atoms with Gasteiger partial charge in [0.15, 0.2) is 0 Å². The van der Waals surface area contributed by atoms with Crippen molar-refractivity contribution in [2.45, 2.75) is 44.2 Å². The Bertz CT molecular complexity index is 1360. The molecule has 2 saturated heterocycles. The predicted octanol–water partition coefficient (Wildman–Crippen LogP) is 2.80. The minimum Gasteiger partial charge on any atom is -0.381 e. The van der Waals surface area contributed by atoms with Crippen molar-refractivity contribution in [3.05, 3.63) is 59.7 Å². The number of rotatable bonds is 4. The molecule has 0 bridgehead atoms. The fraction of sp³-hybridized carbons (Fsp3) is 0.370. The Hall–Kier alpha value is -3.85. The molecule has 1 unspecified atom stereocenters. The lowest BCUT2D eigenvalue weighted by Gasteiger charge is -2.29. The zero-order chi connectivity index (χ0) is 24.8. The number of nitrogens with one attached hydrogen (secondary N) is 1. The van der Waals surface area contributed by atoms with Crippen molar-refractivity contribution in [2.24, 2.45) is 7.05 Å². The van der Waals surface area contributed by atoms with E-state index in [1.165, 1.54) is 0 Å². The van der Waals surface area contributed by atoms with Gasteiger partial charge >= 0.3 is 0 Å². The summed E-state index contributed by atoms with van der Waals surface area (Å²) in [6.07, 6.45) is 6.03. The van der Waals surface area contributed by atoms with E-state index < -0.39 is 11.9 Å². The highest BCUT2D eigenvalue weighted by Gasteiger charge is 2.39. The van der Waals surface area contributed by atoms with Crippen LogP contribution < -0.4 is 5.32 Å². The number of imide groups is 1. The van der Waals surface area contributed by atoms with Gasteiger partial charge in [0.2, 0.25) is 11.8 Å². The second kappa shape index (κ2) is 8.98. The fourth-order valence-electron chi connectivity index (χ4n) is 5.59. The molecule has 0 radical (unpaired) electrons. The van der Waals surface area contributed by atoms with Gasteiger partial charge in [-0.15, -0.1) is 0 Å². The van der Waals surface area contributed by atoms with Crippen molar-refractivity contribution >= 4 is 17.7 Å². The van der Waals surface area contributed by atoms with Crippen LogP contribution in [0.15, 0.2) is 42.7 Å². The molecule has 2 aromatic heterocycles. The Morgan fingerprint density at radius 2 is 1.89 bits per heavy atom. The number of carbonyl (C=O) groups excluding carboxylic acids is 3. The van der Waals surface area contributed by atoms with Crippen molar-refractivity contribution in [1.29, 1.82) is 0 Å². The second-order valence-electron chi connectivity index (χ2n) is 9.63. The highest BCUT2D eigenvalue weighted by molar-refractivity contribution is 6.05. The fourth-order valence-corrected chi connectivity index (χ4v) is 5.59. The molecule has 2 fully saturated rings. The Morgan fingerprint density at radius 3 is 2.64 bits per heavy atom. The van der Waals surface area contributed by atoms with E-state index in [0.717, 1.165) is 60.0 Å². The average Bonchev–Trinajstić information content (AvgIpc) is 3.41. The highest BCUT2D eigenvalue weighted by Crippen LogP contribution is 2.38. The SMILES string of the molecule is Cn1c(C2CCOCC2)nc(-c2ccc3c(c2)CN(C2CCC(=O)NC2=O)C3=O)c1-c1cccnc1. The van der Waals surface area contributed by atoms with Crippen molar-refractivity contribution in [1.82, 2.24) is 24.8 Å². The quantitative estimate of drug-likeness (QED) is 0.570. The molecular formula is C27H27N5O4. The molecule has 9 nitrogen and oxygen atoms in total. The third-order valence-electron chi connectivity index (χ3n) is 7.45. The summed E-state index contributed by atoms with van der Waals surface area (Å²) in [5.41, 5.74) is 5.17. The lowest BCUT2D eigenvalue weighted by atomic mass is 9.99. The van der Waals surface area contributed by atoms with Crippen LogP contribution in [0.25, 0.3) is 22.5 Å². The number of hydrogen-bond acceptors (Lipinski definition) is 6. The normalized spacial score (nSPS) is 20.5. The van der Waals surface area contributed by atoms with Gasteiger partial charge in [0.1, 0.15) is 11.9 Å². The lowest BCUT2D eigenvalue weighted by molar-refractivity contribution is -0.136. The smallest absolute Gasteiger partial charge is 0.255 e. The summed E-state index contributed by atoms with van der Waals surface area (Å²) in [7, 11) is 2.05. The number of ether oxygens (including phenoxy) is 1. The summed E-state index contributed by atoms with van der Waals surface area (Å²) in [5.74, 6) is 0.460. The molecule has 6 rings (SSSR count). The number of benzene rings is 1. The first-order valence-corrected chi connectivity index (χ1v) is 12.3. The molecular weight excluding hydrogens is 458 g/mol. The van der Waals surface area contributed by atoms with Crippen LogP contribution in [0.2, 0.25) is 0 Å². The van der Waals surface area contributed by atoms with Crippen molar-refractivity contribution in [2.75, 3.05) is 13.2 Å². The molecule has 1 atom stereocenters. The van der Waals surface area contributed by atoms with Crippen LogP contribution in [0.1, 0.15) is 53.3 Å². The van der Waals surface area contributed by atoms with Crippen molar-refractivity contribution in [3.63, 3.8) is 0 Å². The lowest BCUT2D eigenvalue weighted by Crippen LogP contribution is -2.52.